The highest BCUT2D eigenvalue weighted by Crippen LogP contribution is 2.68. The topological polar surface area (TPSA) is 68.3 Å². The minimum atomic E-state index is -1.87. The number of ketones is 4. The van der Waals surface area contributed by atoms with Crippen molar-refractivity contribution in [3.8, 4) is 0 Å². The second-order valence-corrected chi connectivity index (χ2v) is 14.3. The summed E-state index contributed by atoms with van der Waals surface area (Å²) in [5.41, 5.74) is -1.35. The van der Waals surface area contributed by atoms with E-state index in [1.165, 1.54) is 0 Å². The van der Waals surface area contributed by atoms with Gasteiger partial charge in [-0.25, -0.2) is 0 Å². The molecule has 2 aliphatic carbocycles. The van der Waals surface area contributed by atoms with Gasteiger partial charge < -0.3 is 0 Å². The summed E-state index contributed by atoms with van der Waals surface area (Å²) in [6, 6.07) is 0. The molecule has 0 unspecified atom stereocenters. The first-order valence-electron chi connectivity index (χ1n) is 15.1. The highest BCUT2D eigenvalue weighted by Gasteiger charge is 2.80. The molecule has 2 bridgehead atoms. The van der Waals surface area contributed by atoms with Crippen molar-refractivity contribution in [2.75, 3.05) is 0 Å². The van der Waals surface area contributed by atoms with Crippen LogP contribution in [0.2, 0.25) is 0 Å². The Morgan fingerprint density at radius 1 is 0.750 bits per heavy atom. The van der Waals surface area contributed by atoms with E-state index in [9.17, 15) is 9.59 Å². The molecule has 0 spiro atoms. The molecule has 2 aliphatic rings. The molecule has 222 valence electrons. The van der Waals surface area contributed by atoms with Crippen molar-refractivity contribution in [1.29, 1.82) is 0 Å². The number of hydrogen-bond donors (Lipinski definition) is 0. The fourth-order valence-corrected chi connectivity index (χ4v) is 7.22. The van der Waals surface area contributed by atoms with Gasteiger partial charge in [-0.15, -0.1) is 0 Å². The Labute approximate surface area is 243 Å². The summed E-state index contributed by atoms with van der Waals surface area (Å²) < 4.78 is 0. The largest absolute Gasteiger partial charge is 0.298 e. The monoisotopic (exact) mass is 550 g/mol. The number of hydrogen-bond acceptors (Lipinski definition) is 4. The van der Waals surface area contributed by atoms with E-state index in [2.05, 4.69) is 12.2 Å². The molecular formula is C36H54O4. The first kappa shape index (κ1) is 33.8. The molecule has 0 aromatic heterocycles. The summed E-state index contributed by atoms with van der Waals surface area (Å²) in [5.74, 6) is -2.23. The summed E-state index contributed by atoms with van der Waals surface area (Å²) in [5, 5.41) is 0. The third-order valence-electron chi connectivity index (χ3n) is 9.60. The molecule has 0 amide bonds. The van der Waals surface area contributed by atoms with Crippen molar-refractivity contribution in [2.45, 2.75) is 122 Å². The van der Waals surface area contributed by atoms with Crippen LogP contribution >= 0.6 is 0 Å². The third kappa shape index (κ3) is 5.57. The van der Waals surface area contributed by atoms with E-state index in [4.69, 9.17) is 0 Å². The first-order valence-corrected chi connectivity index (χ1v) is 15.1. The lowest BCUT2D eigenvalue weighted by molar-refractivity contribution is -0.195. The molecule has 0 N–H and O–H groups in total. The summed E-state index contributed by atoms with van der Waals surface area (Å²) in [7, 11) is 0. The van der Waals surface area contributed by atoms with Crippen molar-refractivity contribution < 1.29 is 19.2 Å². The number of carbonyl (C=O) groups excluding carboxylic acids is 4. The third-order valence-corrected chi connectivity index (χ3v) is 9.60. The molecule has 5 atom stereocenters. The second-order valence-electron chi connectivity index (χ2n) is 14.3. The summed E-state index contributed by atoms with van der Waals surface area (Å²) in [6.45, 7) is 23.2. The van der Waals surface area contributed by atoms with Gasteiger partial charge in [-0.1, -0.05) is 67.4 Å². The Morgan fingerprint density at radius 2 is 1.25 bits per heavy atom. The zero-order valence-electron chi connectivity index (χ0n) is 27.3. The molecule has 4 heteroatoms. The van der Waals surface area contributed by atoms with Gasteiger partial charge in [-0.3, -0.25) is 19.2 Å². The highest BCUT2D eigenvalue weighted by atomic mass is 16.2. The van der Waals surface area contributed by atoms with E-state index in [0.29, 0.717) is 25.7 Å². The first-order chi connectivity index (χ1) is 18.3. The Hall–Kier alpha value is -2.36. The summed E-state index contributed by atoms with van der Waals surface area (Å²) in [4.78, 5) is 59.6. The Bertz CT molecular complexity index is 1150. The fourth-order valence-electron chi connectivity index (χ4n) is 7.22. The van der Waals surface area contributed by atoms with Crippen LogP contribution in [0, 0.1) is 33.5 Å². The Kier molecular flexibility index (Phi) is 10.4. The van der Waals surface area contributed by atoms with Crippen molar-refractivity contribution >= 4 is 23.1 Å². The van der Waals surface area contributed by atoms with E-state index in [1.54, 1.807) is 20.8 Å². The molecule has 4 nitrogen and oxygen atoms in total. The number of Topliss-reactive ketones (excluding diaryl/α,β-unsaturated/α-hetero) is 4. The van der Waals surface area contributed by atoms with Crippen molar-refractivity contribution in [3.63, 3.8) is 0 Å². The lowest BCUT2D eigenvalue weighted by atomic mass is 9.34. The highest BCUT2D eigenvalue weighted by molar-refractivity contribution is 6.40. The molecule has 0 heterocycles. The van der Waals surface area contributed by atoms with Crippen molar-refractivity contribution in [3.05, 3.63) is 46.6 Å². The zero-order valence-corrected chi connectivity index (χ0v) is 27.3. The maximum Gasteiger partial charge on any atom is 0.168 e. The van der Waals surface area contributed by atoms with Gasteiger partial charge in [0, 0.05) is 5.92 Å². The van der Waals surface area contributed by atoms with Crippen LogP contribution in [0.4, 0.5) is 0 Å². The van der Waals surface area contributed by atoms with E-state index < -0.39 is 39.1 Å². The van der Waals surface area contributed by atoms with Gasteiger partial charge in [0.25, 0.3) is 0 Å². The molecule has 2 fully saturated rings. The van der Waals surface area contributed by atoms with Gasteiger partial charge in [0.05, 0.1) is 10.8 Å². The lowest BCUT2D eigenvalue weighted by Gasteiger charge is -2.64. The minimum absolute atomic E-state index is 0.181. The summed E-state index contributed by atoms with van der Waals surface area (Å²) in [6.07, 6.45) is 10.8. The van der Waals surface area contributed by atoms with Gasteiger partial charge in [0.15, 0.2) is 28.5 Å². The molecular weight excluding hydrogens is 496 g/mol. The Balaban J connectivity index is 3.12. The second kappa shape index (κ2) is 12.2. The van der Waals surface area contributed by atoms with Crippen LogP contribution in [0.3, 0.4) is 0 Å². The van der Waals surface area contributed by atoms with E-state index in [-0.39, 0.29) is 30.3 Å². The van der Waals surface area contributed by atoms with Crippen LogP contribution in [-0.4, -0.2) is 23.1 Å². The predicted octanol–water partition coefficient (Wildman–Crippen LogP) is 8.75. The van der Waals surface area contributed by atoms with E-state index in [1.807, 2.05) is 74.5 Å². The van der Waals surface area contributed by atoms with Crippen LogP contribution in [0.25, 0.3) is 0 Å². The number of carbonyl (C=O) groups is 4. The van der Waals surface area contributed by atoms with Crippen LogP contribution in [0.5, 0.6) is 0 Å². The standard InChI is InChI=1S/C36H54O4/c1-23(2)14-13-19-34(12)28(16-15-24(3)4)22-35(21-18-26(7)8)30(38)33(11,20-17-25(5)6)31(39)36(34,32(35)40)29(37)27(9)10/h14-15,17-18,27-28H,13,16,19-22H2,1-12H3/t28-,33-,34+,35+,36+/m0/s1. The number of allylic oxidation sites excluding steroid dienone is 8. The zero-order chi connectivity index (χ0) is 30.8. The molecule has 40 heavy (non-hydrogen) atoms. The molecule has 2 rings (SSSR count). The van der Waals surface area contributed by atoms with E-state index in [0.717, 1.165) is 22.3 Å². The average molecular weight is 551 g/mol. The molecule has 0 aromatic rings. The average Bonchev–Trinajstić information content (AvgIpc) is 2.84. The smallest absolute Gasteiger partial charge is 0.168 e. The molecule has 0 aromatic carbocycles. The minimum Gasteiger partial charge on any atom is -0.298 e. The van der Waals surface area contributed by atoms with Gasteiger partial charge in [-0.2, -0.15) is 0 Å². The summed E-state index contributed by atoms with van der Waals surface area (Å²) >= 11 is 0. The van der Waals surface area contributed by atoms with Gasteiger partial charge in [-0.05, 0) is 112 Å². The van der Waals surface area contributed by atoms with Crippen LogP contribution in [0.15, 0.2) is 46.6 Å². The lowest BCUT2D eigenvalue weighted by Crippen LogP contribution is -2.77. The van der Waals surface area contributed by atoms with Gasteiger partial charge in [0.1, 0.15) is 0 Å². The van der Waals surface area contributed by atoms with Crippen LogP contribution < -0.4 is 0 Å². The SMILES string of the molecule is CC(C)=CCC[C@]1(C)[C@@H](CC=C(C)C)C[C@]2(CC=C(C)C)C(=O)[C@](C)(CC=C(C)C)C(=O)[C@]1(C(=O)C(C)C)C2=O. The molecule has 2 saturated carbocycles. The maximum absolute atomic E-state index is 15.1. The molecule has 0 saturated heterocycles. The molecule has 0 radical (unpaired) electrons. The van der Waals surface area contributed by atoms with Crippen molar-refractivity contribution in [2.24, 2.45) is 33.5 Å². The number of rotatable bonds is 11. The number of fused-ring (bicyclic) bond motifs is 2. The molecule has 0 aliphatic heterocycles. The van der Waals surface area contributed by atoms with Gasteiger partial charge in [0.2, 0.25) is 0 Å². The normalized spacial score (nSPS) is 31.5. The Morgan fingerprint density at radius 3 is 1.73 bits per heavy atom. The van der Waals surface area contributed by atoms with Gasteiger partial charge >= 0.3 is 0 Å². The maximum atomic E-state index is 15.1. The van der Waals surface area contributed by atoms with Crippen LogP contribution in [0.1, 0.15) is 122 Å². The fraction of sp³-hybridized carbons (Fsp3) is 0.667. The quantitative estimate of drug-likeness (QED) is 0.190. The van der Waals surface area contributed by atoms with E-state index >= 15 is 9.59 Å². The van der Waals surface area contributed by atoms with Crippen LogP contribution in [-0.2, 0) is 19.2 Å². The predicted molar refractivity (Wildman–Crippen MR) is 165 cm³/mol. The van der Waals surface area contributed by atoms with Crippen molar-refractivity contribution in [1.82, 2.24) is 0 Å².